The lowest BCUT2D eigenvalue weighted by Crippen LogP contribution is -1.99. The molecule has 1 aliphatic carbocycles. The predicted octanol–water partition coefficient (Wildman–Crippen LogP) is 3.74. The van der Waals surface area contributed by atoms with E-state index in [9.17, 15) is 0 Å². The van der Waals surface area contributed by atoms with Gasteiger partial charge in [0, 0.05) is 5.69 Å². The maximum Gasteiger partial charge on any atom is 0.0893 e. The van der Waals surface area contributed by atoms with Crippen molar-refractivity contribution in [1.29, 1.82) is 0 Å². The Morgan fingerprint density at radius 1 is 1.44 bits per heavy atom. The molecule has 0 unspecified atom stereocenters. The smallest absolute Gasteiger partial charge is 0.0893 e. The second-order valence-corrected chi connectivity index (χ2v) is 4.98. The fourth-order valence-electron chi connectivity index (χ4n) is 2.23. The molecule has 2 nitrogen and oxygen atoms in total. The standard InChI is InChI=1S/C13H15ClN2/c1-3-11-6-10(9-4-5-9)7-12-13(14)8(2)15-16(11)12/h6-7,9H,3-5H2,1-2H3. The van der Waals surface area contributed by atoms with Gasteiger partial charge in [0.2, 0.25) is 0 Å². The van der Waals surface area contributed by atoms with E-state index in [-0.39, 0.29) is 0 Å². The van der Waals surface area contributed by atoms with Gasteiger partial charge in [-0.15, -0.1) is 0 Å². The van der Waals surface area contributed by atoms with Crippen LogP contribution in [0, 0.1) is 6.92 Å². The van der Waals surface area contributed by atoms with Gasteiger partial charge in [-0.3, -0.25) is 0 Å². The van der Waals surface area contributed by atoms with E-state index in [1.807, 2.05) is 11.4 Å². The minimum Gasteiger partial charge on any atom is -0.236 e. The topological polar surface area (TPSA) is 17.3 Å². The van der Waals surface area contributed by atoms with Crippen molar-refractivity contribution in [3.8, 4) is 0 Å². The average molecular weight is 235 g/mol. The normalized spacial score (nSPS) is 15.9. The molecule has 2 aromatic heterocycles. The largest absolute Gasteiger partial charge is 0.236 e. The fourth-order valence-corrected chi connectivity index (χ4v) is 2.40. The van der Waals surface area contributed by atoms with Crippen LogP contribution in [-0.4, -0.2) is 9.61 Å². The first-order chi connectivity index (χ1) is 7.70. The number of hydrogen-bond donors (Lipinski definition) is 0. The Labute approximate surface area is 100 Å². The van der Waals surface area contributed by atoms with E-state index in [0.717, 1.165) is 28.6 Å². The van der Waals surface area contributed by atoms with E-state index >= 15 is 0 Å². The third-order valence-electron chi connectivity index (χ3n) is 3.34. The first-order valence-electron chi connectivity index (χ1n) is 5.88. The van der Waals surface area contributed by atoms with Crippen LogP contribution in [0.1, 0.15) is 42.6 Å². The molecule has 0 aromatic carbocycles. The van der Waals surface area contributed by atoms with Crippen molar-refractivity contribution in [3.05, 3.63) is 34.1 Å². The van der Waals surface area contributed by atoms with Gasteiger partial charge in [0.05, 0.1) is 16.2 Å². The molecule has 3 heteroatoms. The van der Waals surface area contributed by atoms with Gasteiger partial charge in [0.15, 0.2) is 0 Å². The summed E-state index contributed by atoms with van der Waals surface area (Å²) in [6.45, 7) is 4.13. The van der Waals surface area contributed by atoms with Crippen LogP contribution in [0.25, 0.3) is 5.52 Å². The number of pyridine rings is 1. The molecular formula is C13H15ClN2. The van der Waals surface area contributed by atoms with E-state index in [1.54, 1.807) is 0 Å². The van der Waals surface area contributed by atoms with Crippen molar-refractivity contribution in [1.82, 2.24) is 9.61 Å². The Morgan fingerprint density at radius 2 is 2.19 bits per heavy atom. The minimum atomic E-state index is 0.765. The molecule has 1 fully saturated rings. The Kier molecular flexibility index (Phi) is 2.21. The van der Waals surface area contributed by atoms with Gasteiger partial charge in [0.1, 0.15) is 0 Å². The summed E-state index contributed by atoms with van der Waals surface area (Å²) in [5.74, 6) is 0.765. The fraction of sp³-hybridized carbons (Fsp3) is 0.462. The first-order valence-corrected chi connectivity index (χ1v) is 6.26. The Morgan fingerprint density at radius 3 is 2.81 bits per heavy atom. The number of hydrogen-bond acceptors (Lipinski definition) is 1. The number of rotatable bonds is 2. The molecule has 0 aliphatic heterocycles. The van der Waals surface area contributed by atoms with Crippen LogP contribution in [-0.2, 0) is 6.42 Å². The maximum atomic E-state index is 6.28. The highest BCUT2D eigenvalue weighted by Gasteiger charge is 2.25. The third-order valence-corrected chi connectivity index (χ3v) is 3.81. The van der Waals surface area contributed by atoms with Crippen LogP contribution >= 0.6 is 11.6 Å². The van der Waals surface area contributed by atoms with E-state index < -0.39 is 0 Å². The van der Waals surface area contributed by atoms with Gasteiger partial charge in [-0.05, 0) is 49.8 Å². The molecule has 2 aromatic rings. The van der Waals surface area contributed by atoms with Crippen LogP contribution in [0.2, 0.25) is 5.02 Å². The SMILES string of the molecule is CCc1cc(C2CC2)cc2c(Cl)c(C)nn12. The first kappa shape index (κ1) is 10.2. The third kappa shape index (κ3) is 1.44. The molecule has 16 heavy (non-hydrogen) atoms. The summed E-state index contributed by atoms with van der Waals surface area (Å²) < 4.78 is 1.99. The molecule has 0 saturated heterocycles. The number of nitrogens with zero attached hydrogens (tertiary/aromatic N) is 2. The highest BCUT2D eigenvalue weighted by atomic mass is 35.5. The van der Waals surface area contributed by atoms with Crippen molar-refractivity contribution < 1.29 is 0 Å². The van der Waals surface area contributed by atoms with E-state index in [2.05, 4.69) is 24.2 Å². The Balaban J connectivity index is 2.30. The molecule has 0 bridgehead atoms. The lowest BCUT2D eigenvalue weighted by atomic mass is 10.1. The van der Waals surface area contributed by atoms with Gasteiger partial charge in [-0.1, -0.05) is 18.5 Å². The average Bonchev–Trinajstić information content (AvgIpc) is 3.08. The predicted molar refractivity (Wildman–Crippen MR) is 66.3 cm³/mol. The van der Waals surface area contributed by atoms with Crippen molar-refractivity contribution in [2.24, 2.45) is 0 Å². The van der Waals surface area contributed by atoms with Gasteiger partial charge in [0.25, 0.3) is 0 Å². The quantitative estimate of drug-likeness (QED) is 0.774. The lowest BCUT2D eigenvalue weighted by molar-refractivity contribution is 0.844. The molecule has 0 atom stereocenters. The highest BCUT2D eigenvalue weighted by molar-refractivity contribution is 6.34. The van der Waals surface area contributed by atoms with Crippen LogP contribution in [0.4, 0.5) is 0 Å². The summed E-state index contributed by atoms with van der Waals surface area (Å²) in [5, 5.41) is 5.29. The molecule has 2 heterocycles. The van der Waals surface area contributed by atoms with Crippen molar-refractivity contribution in [2.45, 2.75) is 39.0 Å². The van der Waals surface area contributed by atoms with E-state index in [0.29, 0.717) is 0 Å². The Hall–Kier alpha value is -1.02. The molecular weight excluding hydrogens is 220 g/mol. The maximum absolute atomic E-state index is 6.28. The van der Waals surface area contributed by atoms with Gasteiger partial charge in [-0.2, -0.15) is 5.10 Å². The minimum absolute atomic E-state index is 0.765. The zero-order valence-electron chi connectivity index (χ0n) is 9.63. The molecule has 0 N–H and O–H groups in total. The summed E-state index contributed by atoms with van der Waals surface area (Å²) in [5.41, 5.74) is 4.69. The molecule has 0 radical (unpaired) electrons. The summed E-state index contributed by atoms with van der Waals surface area (Å²) in [6.07, 6.45) is 3.64. The Bertz CT molecular complexity index is 553. The summed E-state index contributed by atoms with van der Waals surface area (Å²) in [4.78, 5) is 0. The van der Waals surface area contributed by atoms with Crippen LogP contribution in [0.3, 0.4) is 0 Å². The molecule has 84 valence electrons. The van der Waals surface area contributed by atoms with Gasteiger partial charge >= 0.3 is 0 Å². The van der Waals surface area contributed by atoms with E-state index in [4.69, 9.17) is 11.6 Å². The molecule has 1 saturated carbocycles. The number of halogens is 1. The van der Waals surface area contributed by atoms with Crippen molar-refractivity contribution in [2.75, 3.05) is 0 Å². The highest BCUT2D eigenvalue weighted by Crippen LogP contribution is 2.41. The zero-order valence-corrected chi connectivity index (χ0v) is 10.4. The number of aromatic nitrogens is 2. The zero-order chi connectivity index (χ0) is 11.3. The number of aryl methyl sites for hydroxylation is 2. The van der Waals surface area contributed by atoms with Crippen molar-refractivity contribution >= 4 is 17.1 Å². The van der Waals surface area contributed by atoms with Crippen LogP contribution in [0.15, 0.2) is 12.1 Å². The summed E-state index contributed by atoms with van der Waals surface area (Å²) in [7, 11) is 0. The summed E-state index contributed by atoms with van der Waals surface area (Å²) in [6, 6.07) is 4.49. The van der Waals surface area contributed by atoms with Crippen molar-refractivity contribution in [3.63, 3.8) is 0 Å². The molecule has 3 rings (SSSR count). The van der Waals surface area contributed by atoms with Crippen LogP contribution in [0.5, 0.6) is 0 Å². The molecule has 1 aliphatic rings. The van der Waals surface area contributed by atoms with Gasteiger partial charge < -0.3 is 0 Å². The second-order valence-electron chi connectivity index (χ2n) is 4.60. The lowest BCUT2D eigenvalue weighted by Gasteiger charge is -2.06. The van der Waals surface area contributed by atoms with Crippen LogP contribution < -0.4 is 0 Å². The monoisotopic (exact) mass is 234 g/mol. The molecule has 0 amide bonds. The number of fused-ring (bicyclic) bond motifs is 1. The molecule has 0 spiro atoms. The second kappa shape index (κ2) is 3.49. The van der Waals surface area contributed by atoms with E-state index in [1.165, 1.54) is 24.1 Å². The van der Waals surface area contributed by atoms with Gasteiger partial charge in [-0.25, -0.2) is 4.52 Å². The summed E-state index contributed by atoms with van der Waals surface area (Å²) >= 11 is 6.28.